The number of nitrogens with zero attached hydrogens (tertiary/aromatic N) is 2. The first-order valence-corrected chi connectivity index (χ1v) is 10.8. The average molecular weight is 477 g/mol. The standard InChI is InChI=1S/C24H20N4O5S/c1-3-32-21-11-10-15(13-19(21)28(30)31)22(29)27-24(34)26-18-12-16(9-8-14(18)2)23-25-17-6-4-5-7-20(17)33-23/h4-13H,3H2,1-2H3,(H2,26,27,29,34). The van der Waals surface area contributed by atoms with Crippen molar-refractivity contribution in [2.75, 3.05) is 11.9 Å². The second kappa shape index (κ2) is 9.67. The van der Waals surface area contributed by atoms with E-state index in [0.717, 1.165) is 22.7 Å². The van der Waals surface area contributed by atoms with Gasteiger partial charge in [0.1, 0.15) is 5.52 Å². The Morgan fingerprint density at radius 2 is 1.97 bits per heavy atom. The number of rotatable bonds is 6. The molecule has 0 bridgehead atoms. The number of nitro groups is 1. The van der Waals surface area contributed by atoms with E-state index in [1.807, 2.05) is 49.4 Å². The van der Waals surface area contributed by atoms with Gasteiger partial charge in [0, 0.05) is 22.9 Å². The van der Waals surface area contributed by atoms with Crippen LogP contribution >= 0.6 is 12.2 Å². The van der Waals surface area contributed by atoms with Gasteiger partial charge < -0.3 is 14.5 Å². The number of nitro benzene ring substituents is 1. The second-order valence-electron chi connectivity index (χ2n) is 7.30. The lowest BCUT2D eigenvalue weighted by Crippen LogP contribution is -2.34. The fourth-order valence-corrected chi connectivity index (χ4v) is 3.50. The number of carbonyl (C=O) groups is 1. The number of thiocarbonyl (C=S) groups is 1. The van der Waals surface area contributed by atoms with Crippen LogP contribution in [0.5, 0.6) is 5.75 Å². The summed E-state index contributed by atoms with van der Waals surface area (Å²) in [6.07, 6.45) is 0. The van der Waals surface area contributed by atoms with Crippen molar-refractivity contribution in [1.29, 1.82) is 0 Å². The highest BCUT2D eigenvalue weighted by Crippen LogP contribution is 2.29. The molecule has 0 atom stereocenters. The van der Waals surface area contributed by atoms with Crippen LogP contribution in [0, 0.1) is 17.0 Å². The molecule has 0 saturated carbocycles. The minimum atomic E-state index is -0.598. The molecule has 0 unspecified atom stereocenters. The van der Waals surface area contributed by atoms with Gasteiger partial charge in [-0.3, -0.25) is 20.2 Å². The number of aryl methyl sites for hydroxylation is 1. The molecule has 0 aliphatic heterocycles. The third-order valence-corrected chi connectivity index (χ3v) is 5.18. The molecule has 4 aromatic rings. The van der Waals surface area contributed by atoms with Crippen LogP contribution in [-0.4, -0.2) is 27.5 Å². The van der Waals surface area contributed by atoms with E-state index in [-0.39, 0.29) is 28.7 Å². The predicted octanol–water partition coefficient (Wildman–Crippen LogP) is 5.24. The molecular formula is C24H20N4O5S. The van der Waals surface area contributed by atoms with E-state index < -0.39 is 10.8 Å². The van der Waals surface area contributed by atoms with Crippen molar-refractivity contribution in [1.82, 2.24) is 10.3 Å². The fraction of sp³-hybridized carbons (Fsp3) is 0.125. The van der Waals surface area contributed by atoms with Crippen LogP contribution in [0.4, 0.5) is 11.4 Å². The molecule has 1 amide bonds. The quantitative estimate of drug-likeness (QED) is 0.220. The maximum absolute atomic E-state index is 12.6. The molecule has 34 heavy (non-hydrogen) atoms. The Morgan fingerprint density at radius 1 is 1.18 bits per heavy atom. The Morgan fingerprint density at radius 3 is 2.71 bits per heavy atom. The van der Waals surface area contributed by atoms with Crippen molar-refractivity contribution in [2.24, 2.45) is 0 Å². The van der Waals surface area contributed by atoms with Crippen molar-refractivity contribution in [3.05, 3.63) is 81.9 Å². The molecule has 10 heteroatoms. The van der Waals surface area contributed by atoms with Crippen molar-refractivity contribution in [2.45, 2.75) is 13.8 Å². The lowest BCUT2D eigenvalue weighted by molar-refractivity contribution is -0.385. The van der Waals surface area contributed by atoms with Crippen LogP contribution in [0.25, 0.3) is 22.6 Å². The van der Waals surface area contributed by atoms with Crippen LogP contribution in [0.15, 0.2) is 65.1 Å². The first-order chi connectivity index (χ1) is 16.4. The van der Waals surface area contributed by atoms with Crippen LogP contribution in [-0.2, 0) is 0 Å². The zero-order chi connectivity index (χ0) is 24.2. The molecule has 1 aromatic heterocycles. The summed E-state index contributed by atoms with van der Waals surface area (Å²) in [5.74, 6) is -0.0336. The molecule has 1 heterocycles. The van der Waals surface area contributed by atoms with Gasteiger partial charge in [0.25, 0.3) is 5.91 Å². The Hall–Kier alpha value is -4.31. The number of anilines is 1. The zero-order valence-electron chi connectivity index (χ0n) is 18.3. The van der Waals surface area contributed by atoms with Crippen molar-refractivity contribution in [3.63, 3.8) is 0 Å². The van der Waals surface area contributed by atoms with E-state index in [9.17, 15) is 14.9 Å². The second-order valence-corrected chi connectivity index (χ2v) is 7.71. The van der Waals surface area contributed by atoms with Gasteiger partial charge in [-0.2, -0.15) is 0 Å². The molecular weight excluding hydrogens is 456 g/mol. The number of ether oxygens (including phenoxy) is 1. The number of hydrogen-bond donors (Lipinski definition) is 2. The Labute approximate surface area is 199 Å². The number of aromatic nitrogens is 1. The Bertz CT molecular complexity index is 1380. The van der Waals surface area contributed by atoms with E-state index in [2.05, 4.69) is 15.6 Å². The van der Waals surface area contributed by atoms with Crippen LogP contribution in [0.2, 0.25) is 0 Å². The molecule has 0 aliphatic rings. The van der Waals surface area contributed by atoms with Gasteiger partial charge in [-0.15, -0.1) is 0 Å². The SMILES string of the molecule is CCOc1ccc(C(=O)NC(=S)Nc2cc(-c3nc4ccccc4o3)ccc2C)cc1[N+](=O)[O-]. The van der Waals surface area contributed by atoms with Crippen LogP contribution < -0.4 is 15.4 Å². The molecule has 9 nitrogen and oxygen atoms in total. The van der Waals surface area contributed by atoms with Gasteiger partial charge in [0.15, 0.2) is 16.4 Å². The minimum Gasteiger partial charge on any atom is -0.487 e. The number of carbonyl (C=O) groups excluding carboxylic acids is 1. The van der Waals surface area contributed by atoms with E-state index in [0.29, 0.717) is 17.2 Å². The Kier molecular flexibility index (Phi) is 6.51. The summed E-state index contributed by atoms with van der Waals surface area (Å²) in [7, 11) is 0. The van der Waals surface area contributed by atoms with Crippen LogP contribution in [0.1, 0.15) is 22.8 Å². The van der Waals surface area contributed by atoms with Gasteiger partial charge in [-0.25, -0.2) is 4.98 Å². The van der Waals surface area contributed by atoms with E-state index in [4.69, 9.17) is 21.4 Å². The van der Waals surface area contributed by atoms with Gasteiger partial charge >= 0.3 is 5.69 Å². The summed E-state index contributed by atoms with van der Waals surface area (Å²) in [5, 5.41) is 16.9. The van der Waals surface area contributed by atoms with Gasteiger partial charge in [-0.05, 0) is 68.0 Å². The third-order valence-electron chi connectivity index (χ3n) is 4.97. The number of fused-ring (bicyclic) bond motifs is 1. The lowest BCUT2D eigenvalue weighted by atomic mass is 10.1. The van der Waals surface area contributed by atoms with Gasteiger partial charge in [-0.1, -0.05) is 18.2 Å². The molecule has 172 valence electrons. The van der Waals surface area contributed by atoms with E-state index in [1.165, 1.54) is 12.1 Å². The highest BCUT2D eigenvalue weighted by atomic mass is 32.1. The normalized spacial score (nSPS) is 10.6. The summed E-state index contributed by atoms with van der Waals surface area (Å²) in [6, 6.07) is 17.0. The topological polar surface area (TPSA) is 120 Å². The average Bonchev–Trinajstić information content (AvgIpc) is 3.25. The first kappa shape index (κ1) is 22.9. The first-order valence-electron chi connectivity index (χ1n) is 10.4. The maximum atomic E-state index is 12.6. The highest BCUT2D eigenvalue weighted by molar-refractivity contribution is 7.80. The van der Waals surface area contributed by atoms with Gasteiger partial charge in [0.05, 0.1) is 11.5 Å². The molecule has 3 aromatic carbocycles. The molecule has 4 rings (SSSR count). The van der Waals surface area contributed by atoms with Crippen LogP contribution in [0.3, 0.4) is 0 Å². The largest absolute Gasteiger partial charge is 0.487 e. The highest BCUT2D eigenvalue weighted by Gasteiger charge is 2.19. The summed E-state index contributed by atoms with van der Waals surface area (Å²) in [4.78, 5) is 27.9. The molecule has 0 fully saturated rings. The summed E-state index contributed by atoms with van der Waals surface area (Å²) >= 11 is 5.30. The number of benzene rings is 3. The van der Waals surface area contributed by atoms with E-state index in [1.54, 1.807) is 6.92 Å². The minimum absolute atomic E-state index is 0.0411. The molecule has 0 spiro atoms. The predicted molar refractivity (Wildman–Crippen MR) is 132 cm³/mol. The fourth-order valence-electron chi connectivity index (χ4n) is 3.29. The smallest absolute Gasteiger partial charge is 0.311 e. The lowest BCUT2D eigenvalue weighted by Gasteiger charge is -2.13. The Balaban J connectivity index is 1.50. The van der Waals surface area contributed by atoms with Crippen molar-refractivity contribution < 1.29 is 18.9 Å². The van der Waals surface area contributed by atoms with Gasteiger partial charge in [0.2, 0.25) is 5.89 Å². The number of hydrogen-bond acceptors (Lipinski definition) is 7. The maximum Gasteiger partial charge on any atom is 0.311 e. The molecule has 0 saturated heterocycles. The van der Waals surface area contributed by atoms with Crippen molar-refractivity contribution in [3.8, 4) is 17.2 Å². The number of nitrogens with one attached hydrogen (secondary N) is 2. The summed E-state index contributed by atoms with van der Waals surface area (Å²) in [5.41, 5.74) is 3.49. The number of para-hydroxylation sites is 2. The molecule has 0 radical (unpaired) electrons. The number of amides is 1. The number of oxazole rings is 1. The monoisotopic (exact) mass is 476 g/mol. The molecule has 0 aliphatic carbocycles. The third kappa shape index (κ3) is 4.86. The van der Waals surface area contributed by atoms with Crippen molar-refractivity contribution >= 4 is 45.7 Å². The summed E-state index contributed by atoms with van der Waals surface area (Å²) < 4.78 is 11.1. The van der Waals surface area contributed by atoms with E-state index >= 15 is 0 Å². The molecule has 2 N–H and O–H groups in total. The summed E-state index contributed by atoms with van der Waals surface area (Å²) in [6.45, 7) is 3.87. The zero-order valence-corrected chi connectivity index (χ0v) is 19.1.